The normalized spacial score (nSPS) is 10.5. The number of hydrogen-bond acceptors (Lipinski definition) is 10. The van der Waals surface area contributed by atoms with E-state index in [2.05, 4.69) is 0 Å². The van der Waals surface area contributed by atoms with Crippen molar-refractivity contribution >= 4 is 23.9 Å². The van der Waals surface area contributed by atoms with Gasteiger partial charge in [-0.25, -0.2) is 14.7 Å². The van der Waals surface area contributed by atoms with Gasteiger partial charge in [-0.2, -0.15) is 0 Å². The summed E-state index contributed by atoms with van der Waals surface area (Å²) in [5, 5.41) is 9.84. The highest BCUT2D eigenvalue weighted by molar-refractivity contribution is 5.95. The molecule has 0 radical (unpaired) electrons. The molecule has 0 aromatic carbocycles. The van der Waals surface area contributed by atoms with Crippen molar-refractivity contribution < 1.29 is 43.3 Å². The Kier molecular flexibility index (Phi) is 9.05. The molecule has 0 aliphatic heterocycles. The van der Waals surface area contributed by atoms with Gasteiger partial charge in [-0.05, 0) is 19.4 Å². The first-order valence-corrected chi connectivity index (χ1v) is 9.85. The number of fused-ring (bicyclic) bond motifs is 1. The van der Waals surface area contributed by atoms with Crippen molar-refractivity contribution in [3.63, 3.8) is 0 Å². The van der Waals surface area contributed by atoms with Crippen LogP contribution in [0.25, 0.3) is 11.1 Å². The first kappa shape index (κ1) is 24.7. The van der Waals surface area contributed by atoms with Gasteiger partial charge in [0.1, 0.15) is 5.69 Å². The van der Waals surface area contributed by atoms with E-state index in [0.29, 0.717) is 16.7 Å². The van der Waals surface area contributed by atoms with Crippen LogP contribution in [0.3, 0.4) is 0 Å². The molecule has 0 fully saturated rings. The maximum atomic E-state index is 12.3. The fraction of sp³-hybridized carbons (Fsp3) is 0.381. The molecule has 174 valence electrons. The smallest absolute Gasteiger partial charge is 0.434 e. The van der Waals surface area contributed by atoms with E-state index in [9.17, 15) is 14.4 Å². The largest absolute Gasteiger partial charge is 0.513 e. The van der Waals surface area contributed by atoms with Gasteiger partial charge in [0.05, 0.1) is 32.8 Å². The number of carbonyl (C=O) groups is 3. The van der Waals surface area contributed by atoms with Gasteiger partial charge in [0.2, 0.25) is 5.91 Å². The third kappa shape index (κ3) is 6.22. The molecule has 3 N–H and O–H groups in total. The Morgan fingerprint density at radius 1 is 0.938 bits per heavy atom. The minimum Gasteiger partial charge on any atom is -0.434 e. The number of aliphatic hydroxyl groups is 1. The van der Waals surface area contributed by atoms with E-state index in [1.54, 1.807) is 38.1 Å². The summed E-state index contributed by atoms with van der Waals surface area (Å²) in [5.41, 5.74) is 7.32. The molecule has 2 aliphatic carbocycles. The van der Waals surface area contributed by atoms with Gasteiger partial charge in [0, 0.05) is 18.2 Å². The van der Waals surface area contributed by atoms with Gasteiger partial charge in [-0.1, -0.05) is 24.3 Å². The predicted octanol–water partition coefficient (Wildman–Crippen LogP) is 2.37. The quantitative estimate of drug-likeness (QED) is 0.431. The van der Waals surface area contributed by atoms with E-state index in [4.69, 9.17) is 34.6 Å². The molecule has 2 aliphatic rings. The third-order valence-electron chi connectivity index (χ3n) is 4.17. The minimum absolute atomic E-state index is 0.0126. The summed E-state index contributed by atoms with van der Waals surface area (Å²) in [6, 6.07) is 6.42. The molecule has 0 aromatic rings. The second-order valence-electron chi connectivity index (χ2n) is 6.34. The Morgan fingerprint density at radius 3 is 1.88 bits per heavy atom. The number of hydroxylamine groups is 2. The van der Waals surface area contributed by atoms with E-state index < -0.39 is 12.3 Å². The molecule has 0 saturated heterocycles. The second-order valence-corrected chi connectivity index (χ2v) is 6.34. The summed E-state index contributed by atoms with van der Waals surface area (Å²) in [7, 11) is 1.44. The van der Waals surface area contributed by atoms with E-state index in [0.717, 1.165) is 5.06 Å². The average molecular weight is 450 g/mol. The summed E-state index contributed by atoms with van der Waals surface area (Å²) in [6.07, 6.45) is -1.96. The van der Waals surface area contributed by atoms with Gasteiger partial charge >= 0.3 is 12.3 Å². The maximum Gasteiger partial charge on any atom is 0.513 e. The van der Waals surface area contributed by atoms with Crippen LogP contribution in [0, 0.1) is 0 Å². The summed E-state index contributed by atoms with van der Waals surface area (Å²) in [4.78, 5) is 41.1. The molecule has 32 heavy (non-hydrogen) atoms. The van der Waals surface area contributed by atoms with E-state index >= 15 is 0 Å². The number of amides is 1. The van der Waals surface area contributed by atoms with Crippen LogP contribution in [0.15, 0.2) is 24.3 Å². The van der Waals surface area contributed by atoms with Crippen molar-refractivity contribution in [2.75, 3.05) is 39.2 Å². The lowest BCUT2D eigenvalue weighted by molar-refractivity contribution is -0.180. The van der Waals surface area contributed by atoms with Gasteiger partial charge in [-0.15, -0.1) is 0 Å². The molecule has 0 unspecified atom stereocenters. The van der Waals surface area contributed by atoms with Crippen molar-refractivity contribution in [1.29, 1.82) is 0 Å². The third-order valence-corrected chi connectivity index (χ3v) is 4.17. The van der Waals surface area contributed by atoms with Gasteiger partial charge in [-0.3, -0.25) is 9.63 Å². The number of nitrogens with two attached hydrogens (primary N) is 1. The van der Waals surface area contributed by atoms with Gasteiger partial charge in [0.25, 0.3) is 0 Å². The van der Waals surface area contributed by atoms with Crippen molar-refractivity contribution in [3.8, 4) is 22.6 Å². The number of aliphatic hydroxyl groups excluding tert-OH is 1. The number of nitrogens with zero attached hydrogens (tertiary/aromatic N) is 1. The number of ether oxygens (including phenoxy) is 4. The topological polar surface area (TPSA) is 147 Å². The monoisotopic (exact) mass is 450 g/mol. The Bertz CT molecular complexity index is 874. The van der Waals surface area contributed by atoms with Crippen LogP contribution in [-0.4, -0.2) is 61.9 Å². The van der Waals surface area contributed by atoms with Crippen LogP contribution in [-0.2, 0) is 25.5 Å². The fourth-order valence-corrected chi connectivity index (χ4v) is 2.74. The molecular weight excluding hydrogens is 424 g/mol. The standard InChI is InChI=1S/C21H26N2O9/c1-4-28-20(26)31-18-14-8-6-13(12-16(25)23(3)30-11-10-24)7-9-15(14)19(17(18)22)32-21(27)29-5-2/h6-9,24H,4-5,10-12,22H2,1-3H3. The summed E-state index contributed by atoms with van der Waals surface area (Å²) in [5.74, 6) is -0.445. The molecule has 0 bridgehead atoms. The molecule has 0 spiro atoms. The zero-order valence-corrected chi connectivity index (χ0v) is 18.1. The van der Waals surface area contributed by atoms with Crippen LogP contribution >= 0.6 is 0 Å². The predicted molar refractivity (Wildman–Crippen MR) is 112 cm³/mol. The average Bonchev–Trinajstić information content (AvgIpc) is 2.88. The lowest BCUT2D eigenvalue weighted by Gasteiger charge is -2.15. The number of anilines is 1. The lowest BCUT2D eigenvalue weighted by Crippen LogP contribution is -2.29. The highest BCUT2D eigenvalue weighted by atomic mass is 16.7. The fourth-order valence-electron chi connectivity index (χ4n) is 2.74. The Labute approximate surface area is 184 Å². The number of hydrogen-bond donors (Lipinski definition) is 2. The maximum absolute atomic E-state index is 12.3. The van der Waals surface area contributed by atoms with Gasteiger partial charge < -0.3 is 29.8 Å². The molecule has 11 heteroatoms. The molecule has 11 nitrogen and oxygen atoms in total. The molecule has 0 aromatic heterocycles. The van der Waals surface area contributed by atoms with Gasteiger partial charge in [0.15, 0.2) is 11.5 Å². The number of likely N-dealkylation sites (N-methyl/N-ethyl adjacent to an activating group) is 1. The van der Waals surface area contributed by atoms with Crippen LogP contribution in [0.1, 0.15) is 19.4 Å². The van der Waals surface area contributed by atoms with Crippen molar-refractivity contribution in [2.24, 2.45) is 0 Å². The van der Waals surface area contributed by atoms with E-state index in [-0.39, 0.29) is 55.9 Å². The number of nitrogen functional groups attached to an aromatic ring is 1. The first-order chi connectivity index (χ1) is 15.3. The lowest BCUT2D eigenvalue weighted by atomic mass is 10.2. The summed E-state index contributed by atoms with van der Waals surface area (Å²) < 4.78 is 20.1. The highest BCUT2D eigenvalue weighted by Gasteiger charge is 2.28. The van der Waals surface area contributed by atoms with Crippen LogP contribution in [0.5, 0.6) is 11.5 Å². The molecular formula is C21H26N2O9. The van der Waals surface area contributed by atoms with Crippen molar-refractivity contribution in [2.45, 2.75) is 20.3 Å². The zero-order valence-electron chi connectivity index (χ0n) is 18.1. The van der Waals surface area contributed by atoms with E-state index in [1.807, 2.05) is 0 Å². The zero-order chi connectivity index (χ0) is 23.7. The minimum atomic E-state index is -0.974. The summed E-state index contributed by atoms with van der Waals surface area (Å²) in [6.45, 7) is 3.19. The second kappa shape index (κ2) is 11.7. The van der Waals surface area contributed by atoms with Crippen LogP contribution in [0.2, 0.25) is 0 Å². The van der Waals surface area contributed by atoms with Crippen LogP contribution < -0.4 is 15.2 Å². The Hall–Kier alpha value is -3.57. The first-order valence-electron chi connectivity index (χ1n) is 9.85. The molecule has 1 amide bonds. The Balaban J connectivity index is 2.42. The molecule has 0 heterocycles. The molecule has 0 atom stereocenters. The number of carbonyl (C=O) groups excluding carboxylic acids is 3. The van der Waals surface area contributed by atoms with Crippen molar-refractivity contribution in [1.82, 2.24) is 5.06 Å². The molecule has 0 saturated carbocycles. The highest BCUT2D eigenvalue weighted by Crippen LogP contribution is 2.50. The van der Waals surface area contributed by atoms with E-state index in [1.165, 1.54) is 7.05 Å². The number of rotatable bonds is 9. The Morgan fingerprint density at radius 2 is 1.44 bits per heavy atom. The van der Waals surface area contributed by atoms with Crippen LogP contribution in [0.4, 0.5) is 15.3 Å². The SMILES string of the molecule is CCOC(=O)Oc1c2ccc(CC(=O)N(C)OCCO)ccc-2c(OC(=O)OCC)c1N. The van der Waals surface area contributed by atoms with Crippen molar-refractivity contribution in [3.05, 3.63) is 29.8 Å². The molecule has 2 rings (SSSR count). The summed E-state index contributed by atoms with van der Waals surface area (Å²) >= 11 is 0.